The van der Waals surface area contributed by atoms with Gasteiger partial charge in [0, 0.05) is 7.05 Å². The molecule has 1 heterocycles. The van der Waals surface area contributed by atoms with Crippen LogP contribution in [0.4, 0.5) is 0 Å². The second kappa shape index (κ2) is 3.62. The van der Waals surface area contributed by atoms with Crippen LogP contribution < -0.4 is 0 Å². The van der Waals surface area contributed by atoms with Gasteiger partial charge in [-0.2, -0.15) is 0 Å². The Morgan fingerprint density at radius 1 is 0.895 bits per heavy atom. The molecule has 0 spiro atoms. The van der Waals surface area contributed by atoms with Gasteiger partial charge < -0.3 is 0 Å². The van der Waals surface area contributed by atoms with E-state index in [1.165, 1.54) is 17.7 Å². The minimum atomic E-state index is 0.0384. The summed E-state index contributed by atoms with van der Waals surface area (Å²) < 4.78 is 0. The summed E-state index contributed by atoms with van der Waals surface area (Å²) >= 11 is 0. The van der Waals surface area contributed by atoms with E-state index in [0.717, 1.165) is 18.3 Å². The highest BCUT2D eigenvalue weighted by atomic mass is 16.2. The normalized spacial score (nSPS) is 55.6. The zero-order valence-corrected chi connectivity index (χ0v) is 12.0. The van der Waals surface area contributed by atoms with Crippen molar-refractivity contribution >= 4 is 11.8 Å². The van der Waals surface area contributed by atoms with Crippen LogP contribution in [0.3, 0.4) is 0 Å². The van der Waals surface area contributed by atoms with Crippen molar-refractivity contribution in [3.8, 4) is 0 Å². The molecule has 3 saturated carbocycles. The Labute approximate surface area is 114 Å². The smallest absolute Gasteiger partial charge is 0.233 e. The maximum Gasteiger partial charge on any atom is 0.233 e. The highest BCUT2D eigenvalue weighted by Gasteiger charge is 2.68. The van der Waals surface area contributed by atoms with Gasteiger partial charge in [0.25, 0.3) is 0 Å². The molecular weight excluding hydrogens is 238 g/mol. The van der Waals surface area contributed by atoms with E-state index in [-0.39, 0.29) is 23.7 Å². The van der Waals surface area contributed by atoms with Gasteiger partial charge in [-0.1, -0.05) is 26.7 Å². The summed E-state index contributed by atoms with van der Waals surface area (Å²) in [5.74, 6) is 4.21. The summed E-state index contributed by atoms with van der Waals surface area (Å²) in [5.41, 5.74) is 0. The summed E-state index contributed by atoms with van der Waals surface area (Å²) in [6.45, 7) is 4.73. The fraction of sp³-hybridized carbons (Fsp3) is 0.875. The number of nitrogens with zero attached hydrogens (tertiary/aromatic N) is 1. The molecule has 3 heteroatoms. The number of carbonyl (C=O) groups excluding carboxylic acids is 2. The van der Waals surface area contributed by atoms with Crippen LogP contribution >= 0.6 is 0 Å². The van der Waals surface area contributed by atoms with Crippen LogP contribution in [0.2, 0.25) is 0 Å². The zero-order valence-electron chi connectivity index (χ0n) is 12.0. The van der Waals surface area contributed by atoms with Crippen LogP contribution in [0.1, 0.15) is 33.1 Å². The first-order chi connectivity index (χ1) is 9.02. The Morgan fingerprint density at radius 3 is 1.74 bits per heavy atom. The Bertz CT molecular complexity index is 420. The van der Waals surface area contributed by atoms with Gasteiger partial charge in [-0.25, -0.2) is 0 Å². The summed E-state index contributed by atoms with van der Waals surface area (Å²) in [5, 5.41) is 0. The zero-order chi connectivity index (χ0) is 13.5. The quantitative estimate of drug-likeness (QED) is 0.627. The van der Waals surface area contributed by atoms with Crippen LogP contribution in [0.5, 0.6) is 0 Å². The number of fused-ring (bicyclic) bond motifs is 8. The van der Waals surface area contributed by atoms with Gasteiger partial charge in [-0.3, -0.25) is 14.5 Å². The first-order valence-corrected chi connectivity index (χ1v) is 7.83. The topological polar surface area (TPSA) is 37.4 Å². The molecule has 8 atom stereocenters. The van der Waals surface area contributed by atoms with Crippen LogP contribution in [-0.4, -0.2) is 23.8 Å². The lowest BCUT2D eigenvalue weighted by atomic mass is 9.57. The Kier molecular flexibility index (Phi) is 2.27. The van der Waals surface area contributed by atoms with Gasteiger partial charge in [0.15, 0.2) is 0 Å². The average Bonchev–Trinajstić information content (AvgIpc) is 3.01. The van der Waals surface area contributed by atoms with Crippen LogP contribution in [-0.2, 0) is 9.59 Å². The molecule has 104 valence electrons. The molecule has 0 aromatic rings. The molecule has 0 aromatic carbocycles. The molecule has 3 nitrogen and oxygen atoms in total. The van der Waals surface area contributed by atoms with Crippen molar-refractivity contribution in [2.45, 2.75) is 33.1 Å². The van der Waals surface area contributed by atoms with Crippen molar-refractivity contribution in [2.24, 2.45) is 47.3 Å². The van der Waals surface area contributed by atoms with E-state index in [2.05, 4.69) is 13.8 Å². The maximum atomic E-state index is 12.4. The number of amides is 2. The van der Waals surface area contributed by atoms with Crippen molar-refractivity contribution < 1.29 is 9.59 Å². The van der Waals surface area contributed by atoms with E-state index in [4.69, 9.17) is 0 Å². The van der Waals surface area contributed by atoms with Gasteiger partial charge in [-0.05, 0) is 41.9 Å². The summed E-state index contributed by atoms with van der Waals surface area (Å²) in [7, 11) is 1.68. The summed E-state index contributed by atoms with van der Waals surface area (Å²) in [6, 6.07) is 0. The molecule has 3 aliphatic carbocycles. The van der Waals surface area contributed by atoms with Gasteiger partial charge in [0.05, 0.1) is 11.8 Å². The molecular formula is C16H23NO2. The fourth-order valence-electron chi connectivity index (χ4n) is 6.25. The third-order valence-electron chi connectivity index (χ3n) is 6.91. The molecule has 0 radical (unpaired) electrons. The van der Waals surface area contributed by atoms with Crippen molar-refractivity contribution in [2.75, 3.05) is 7.05 Å². The minimum Gasteiger partial charge on any atom is -0.285 e. The predicted octanol–water partition coefficient (Wildman–Crippen LogP) is 2.17. The van der Waals surface area contributed by atoms with E-state index in [0.29, 0.717) is 23.7 Å². The molecule has 8 unspecified atom stereocenters. The number of carbonyl (C=O) groups is 2. The van der Waals surface area contributed by atoms with Crippen LogP contribution in [0.15, 0.2) is 0 Å². The number of likely N-dealkylation sites (tertiary alicyclic amines) is 1. The molecule has 4 aliphatic rings. The lowest BCUT2D eigenvalue weighted by Gasteiger charge is -2.46. The number of rotatable bonds is 0. The van der Waals surface area contributed by atoms with E-state index < -0.39 is 0 Å². The second-order valence-electron chi connectivity index (χ2n) is 7.54. The molecule has 0 aromatic heterocycles. The molecule has 1 saturated heterocycles. The second-order valence-corrected chi connectivity index (χ2v) is 7.54. The predicted molar refractivity (Wildman–Crippen MR) is 70.9 cm³/mol. The molecule has 2 bridgehead atoms. The van der Waals surface area contributed by atoms with Gasteiger partial charge in [0.2, 0.25) is 11.8 Å². The molecule has 4 rings (SSSR count). The molecule has 0 N–H and O–H groups in total. The van der Waals surface area contributed by atoms with Crippen molar-refractivity contribution in [1.29, 1.82) is 0 Å². The maximum absolute atomic E-state index is 12.4. The van der Waals surface area contributed by atoms with E-state index in [1.54, 1.807) is 7.05 Å². The van der Waals surface area contributed by atoms with Crippen LogP contribution in [0.25, 0.3) is 0 Å². The Morgan fingerprint density at radius 2 is 1.32 bits per heavy atom. The summed E-state index contributed by atoms with van der Waals surface area (Å²) in [6.07, 6.45) is 3.76. The SMILES string of the molecule is CC1CCC(C)C2C3CC(C4C(=O)N(C)C(=O)C34)C12. The fourth-order valence-corrected chi connectivity index (χ4v) is 6.25. The largest absolute Gasteiger partial charge is 0.285 e. The van der Waals surface area contributed by atoms with Crippen molar-refractivity contribution in [3.63, 3.8) is 0 Å². The number of imide groups is 1. The van der Waals surface area contributed by atoms with Crippen molar-refractivity contribution in [1.82, 2.24) is 4.90 Å². The van der Waals surface area contributed by atoms with Crippen LogP contribution in [0, 0.1) is 47.3 Å². The lowest BCUT2D eigenvalue weighted by Crippen LogP contribution is -2.44. The van der Waals surface area contributed by atoms with E-state index >= 15 is 0 Å². The first-order valence-electron chi connectivity index (χ1n) is 7.83. The molecule has 4 fully saturated rings. The van der Waals surface area contributed by atoms with Gasteiger partial charge in [-0.15, -0.1) is 0 Å². The lowest BCUT2D eigenvalue weighted by molar-refractivity contribution is -0.139. The monoisotopic (exact) mass is 261 g/mol. The third kappa shape index (κ3) is 1.25. The summed E-state index contributed by atoms with van der Waals surface area (Å²) in [4.78, 5) is 26.1. The average molecular weight is 261 g/mol. The molecule has 19 heavy (non-hydrogen) atoms. The highest BCUT2D eigenvalue weighted by molar-refractivity contribution is 6.05. The standard InChI is InChI=1S/C16H23NO2/c1-7-4-5-8(2)12-10-6-9(11(7)12)13-14(10)16(19)17(3)15(13)18/h7-14H,4-6H2,1-3H3. The molecule has 2 amide bonds. The van der Waals surface area contributed by atoms with Gasteiger partial charge in [0.1, 0.15) is 0 Å². The number of hydrogen-bond acceptors (Lipinski definition) is 2. The highest BCUT2D eigenvalue weighted by Crippen LogP contribution is 2.66. The number of hydrogen-bond donors (Lipinski definition) is 0. The van der Waals surface area contributed by atoms with Crippen molar-refractivity contribution in [3.05, 3.63) is 0 Å². The Balaban J connectivity index is 1.75. The third-order valence-corrected chi connectivity index (χ3v) is 6.91. The first kappa shape index (κ1) is 11.9. The van der Waals surface area contributed by atoms with E-state index in [1.807, 2.05) is 0 Å². The minimum absolute atomic E-state index is 0.0384. The Hall–Kier alpha value is -0.860. The van der Waals surface area contributed by atoms with E-state index in [9.17, 15) is 9.59 Å². The molecule has 1 aliphatic heterocycles. The van der Waals surface area contributed by atoms with Gasteiger partial charge >= 0.3 is 0 Å².